The number of hydrogen-bond donors (Lipinski definition) is 1. The van der Waals surface area contributed by atoms with Crippen LogP contribution in [0.25, 0.3) is 0 Å². The number of hydrogen-bond acceptors (Lipinski definition) is 8. The predicted molar refractivity (Wildman–Crippen MR) is 121 cm³/mol. The van der Waals surface area contributed by atoms with Gasteiger partial charge in [0.1, 0.15) is 23.6 Å². The number of esters is 2. The molecular weight excluding hydrogens is 448 g/mol. The summed E-state index contributed by atoms with van der Waals surface area (Å²) in [6, 6.07) is 5.83. The number of amides is 2. The van der Waals surface area contributed by atoms with E-state index in [0.717, 1.165) is 5.56 Å². The lowest BCUT2D eigenvalue weighted by Gasteiger charge is -2.51. The quantitative estimate of drug-likeness (QED) is 0.470. The van der Waals surface area contributed by atoms with E-state index in [2.05, 4.69) is 5.32 Å². The van der Waals surface area contributed by atoms with Gasteiger partial charge in [0.15, 0.2) is 6.10 Å². The fourth-order valence-electron chi connectivity index (χ4n) is 3.46. The summed E-state index contributed by atoms with van der Waals surface area (Å²) in [4.78, 5) is 50.5. The number of nitrogens with zero attached hydrogens (tertiary/aromatic N) is 1. The highest BCUT2D eigenvalue weighted by Crippen LogP contribution is 2.41. The van der Waals surface area contributed by atoms with Gasteiger partial charge in [0.25, 0.3) is 5.91 Å². The summed E-state index contributed by atoms with van der Waals surface area (Å²) in [6.07, 6.45) is -0.614. The second-order valence-corrected chi connectivity index (χ2v) is 9.71. The maximum Gasteiger partial charge on any atom is 0.338 e. The number of fused-ring (bicyclic) bond motifs is 1. The Labute approximate surface area is 196 Å². The van der Waals surface area contributed by atoms with Crippen molar-refractivity contribution in [3.8, 4) is 0 Å². The Morgan fingerprint density at radius 1 is 1.15 bits per heavy atom. The van der Waals surface area contributed by atoms with E-state index in [4.69, 9.17) is 14.2 Å². The molecule has 0 aliphatic carbocycles. The second kappa shape index (κ2) is 9.96. The van der Waals surface area contributed by atoms with E-state index in [1.807, 2.05) is 0 Å². The first-order valence-electron chi connectivity index (χ1n) is 10.4. The number of benzene rings is 1. The van der Waals surface area contributed by atoms with Crippen LogP contribution in [-0.4, -0.2) is 65.5 Å². The maximum atomic E-state index is 13.1. The van der Waals surface area contributed by atoms with Crippen LogP contribution in [0.5, 0.6) is 0 Å². The molecule has 1 fully saturated rings. The zero-order valence-corrected chi connectivity index (χ0v) is 20.1. The van der Waals surface area contributed by atoms with Crippen molar-refractivity contribution < 1.29 is 33.4 Å². The van der Waals surface area contributed by atoms with Crippen LogP contribution in [0.2, 0.25) is 0 Å². The lowest BCUT2D eigenvalue weighted by molar-refractivity contribution is -0.168. The molecule has 33 heavy (non-hydrogen) atoms. The van der Waals surface area contributed by atoms with Crippen LogP contribution >= 0.6 is 11.8 Å². The molecule has 0 aromatic heterocycles. The third kappa shape index (κ3) is 5.75. The smallest absolute Gasteiger partial charge is 0.338 e. The number of nitrogens with one attached hydrogen (secondary N) is 1. The van der Waals surface area contributed by atoms with Crippen molar-refractivity contribution in [3.63, 3.8) is 0 Å². The molecule has 1 saturated heterocycles. The van der Waals surface area contributed by atoms with Gasteiger partial charge >= 0.3 is 11.9 Å². The fraction of sp³-hybridized carbons (Fsp3) is 0.478. The molecule has 3 atom stereocenters. The number of methoxy groups -OCH3 is 1. The standard InChI is InChI=1S/C23H28N2O7S/c1-13(26)31-11-16-12-33-21-18(30-5)20(28)25(21)17(16)19(27)24-10-14-6-8-15(9-7-14)22(29)32-23(2,3)4/h6-9,12,17-18,21H,10-11H2,1-5H3,(H,24,27)/t17?,18-,21+/m0/s1. The molecule has 2 amide bonds. The molecule has 1 N–H and O–H groups in total. The van der Waals surface area contributed by atoms with Crippen LogP contribution in [0.1, 0.15) is 43.6 Å². The van der Waals surface area contributed by atoms with Crippen molar-refractivity contribution in [1.82, 2.24) is 10.2 Å². The number of β-lactam (4-membered cyclic amide) rings is 1. The fourth-order valence-corrected chi connectivity index (χ4v) is 4.70. The minimum absolute atomic E-state index is 0.0842. The molecule has 1 aromatic rings. The van der Waals surface area contributed by atoms with Crippen molar-refractivity contribution in [2.45, 2.75) is 57.4 Å². The van der Waals surface area contributed by atoms with Crippen LogP contribution in [0.15, 0.2) is 35.2 Å². The predicted octanol–water partition coefficient (Wildman–Crippen LogP) is 2.00. The van der Waals surface area contributed by atoms with Crippen molar-refractivity contribution in [2.24, 2.45) is 0 Å². The molecular formula is C23H28N2O7S. The maximum absolute atomic E-state index is 13.1. The molecule has 0 radical (unpaired) electrons. The highest BCUT2D eigenvalue weighted by molar-refractivity contribution is 8.02. The third-order valence-electron chi connectivity index (χ3n) is 5.02. The van der Waals surface area contributed by atoms with Crippen molar-refractivity contribution in [3.05, 3.63) is 46.4 Å². The van der Waals surface area contributed by atoms with Gasteiger partial charge in [-0.3, -0.25) is 14.4 Å². The van der Waals surface area contributed by atoms with Crippen molar-refractivity contribution >= 4 is 35.5 Å². The Kier molecular flexibility index (Phi) is 7.48. The summed E-state index contributed by atoms with van der Waals surface area (Å²) in [5.74, 6) is -1.58. The largest absolute Gasteiger partial charge is 0.461 e. The van der Waals surface area contributed by atoms with E-state index in [9.17, 15) is 19.2 Å². The summed E-state index contributed by atoms with van der Waals surface area (Å²) < 4.78 is 15.6. The van der Waals surface area contributed by atoms with Gasteiger partial charge in [-0.2, -0.15) is 0 Å². The molecule has 3 rings (SSSR count). The Morgan fingerprint density at radius 2 is 1.82 bits per heavy atom. The number of rotatable bonds is 7. The lowest BCUT2D eigenvalue weighted by atomic mass is 9.99. The molecule has 178 valence electrons. The van der Waals surface area contributed by atoms with E-state index >= 15 is 0 Å². The minimum atomic E-state index is -0.893. The molecule has 0 bridgehead atoms. The van der Waals surface area contributed by atoms with Gasteiger partial charge in [-0.15, -0.1) is 11.8 Å². The minimum Gasteiger partial charge on any atom is -0.461 e. The molecule has 10 heteroatoms. The van der Waals surface area contributed by atoms with Crippen LogP contribution in [-0.2, 0) is 35.1 Å². The highest BCUT2D eigenvalue weighted by atomic mass is 32.2. The summed E-state index contributed by atoms with van der Waals surface area (Å²) in [7, 11) is 1.45. The average Bonchev–Trinajstić information content (AvgIpc) is 2.74. The van der Waals surface area contributed by atoms with E-state index in [-0.39, 0.29) is 24.4 Å². The summed E-state index contributed by atoms with van der Waals surface area (Å²) >= 11 is 1.36. The number of thioether (sulfide) groups is 1. The van der Waals surface area contributed by atoms with Gasteiger partial charge in [-0.05, 0) is 43.9 Å². The number of ether oxygens (including phenoxy) is 3. The number of carbonyl (C=O) groups is 4. The van der Waals surface area contributed by atoms with Gasteiger partial charge in [0, 0.05) is 26.2 Å². The first-order valence-corrected chi connectivity index (χ1v) is 11.4. The van der Waals surface area contributed by atoms with Crippen LogP contribution < -0.4 is 5.32 Å². The zero-order chi connectivity index (χ0) is 24.3. The van der Waals surface area contributed by atoms with Gasteiger partial charge in [0.2, 0.25) is 5.91 Å². The van der Waals surface area contributed by atoms with Crippen LogP contribution in [0.4, 0.5) is 0 Å². The van der Waals surface area contributed by atoms with Crippen LogP contribution in [0.3, 0.4) is 0 Å². The molecule has 2 aliphatic heterocycles. The SMILES string of the molecule is CO[C@H]1C(=O)N2C(C(=O)NCc3ccc(C(=O)OC(C)(C)C)cc3)C(COC(C)=O)=CS[C@H]12. The highest BCUT2D eigenvalue weighted by Gasteiger charge is 2.55. The Bertz CT molecular complexity index is 968. The van der Waals surface area contributed by atoms with E-state index in [0.29, 0.717) is 11.1 Å². The van der Waals surface area contributed by atoms with E-state index in [1.54, 1.807) is 50.4 Å². The Morgan fingerprint density at radius 3 is 2.39 bits per heavy atom. The normalized spacial score (nSPS) is 22.0. The van der Waals surface area contributed by atoms with Crippen LogP contribution in [0, 0.1) is 0 Å². The van der Waals surface area contributed by atoms with Gasteiger partial charge < -0.3 is 24.4 Å². The molecule has 2 aliphatic rings. The summed E-state index contributed by atoms with van der Waals surface area (Å²) in [6.45, 7) is 6.78. The molecule has 0 spiro atoms. The molecule has 0 saturated carbocycles. The number of carbonyl (C=O) groups excluding carboxylic acids is 4. The monoisotopic (exact) mass is 476 g/mol. The van der Waals surface area contributed by atoms with Crippen molar-refractivity contribution in [1.29, 1.82) is 0 Å². The first kappa shape index (κ1) is 24.8. The molecule has 9 nitrogen and oxygen atoms in total. The van der Waals surface area contributed by atoms with E-state index in [1.165, 1.54) is 30.7 Å². The van der Waals surface area contributed by atoms with Gasteiger partial charge in [0.05, 0.1) is 5.56 Å². The van der Waals surface area contributed by atoms with Gasteiger partial charge in [-0.25, -0.2) is 4.79 Å². The lowest BCUT2D eigenvalue weighted by Crippen LogP contribution is -2.70. The van der Waals surface area contributed by atoms with Crippen molar-refractivity contribution in [2.75, 3.05) is 13.7 Å². The van der Waals surface area contributed by atoms with Gasteiger partial charge in [-0.1, -0.05) is 12.1 Å². The Balaban J connectivity index is 1.67. The molecule has 1 aromatic carbocycles. The summed E-state index contributed by atoms with van der Waals surface area (Å²) in [5.41, 5.74) is 1.11. The zero-order valence-electron chi connectivity index (χ0n) is 19.2. The topological polar surface area (TPSA) is 111 Å². The average molecular weight is 477 g/mol. The Hall–Kier alpha value is -2.85. The second-order valence-electron chi connectivity index (χ2n) is 8.72. The molecule has 2 heterocycles. The first-order chi connectivity index (χ1) is 15.5. The third-order valence-corrected chi connectivity index (χ3v) is 6.21. The summed E-state index contributed by atoms with van der Waals surface area (Å²) in [5, 5.41) is 4.27. The van der Waals surface area contributed by atoms with E-state index < -0.39 is 35.6 Å². The molecule has 1 unspecified atom stereocenters.